The number of methoxy groups -OCH3 is 1. The van der Waals surface area contributed by atoms with E-state index in [0.29, 0.717) is 5.75 Å². The van der Waals surface area contributed by atoms with Crippen LogP contribution in [0.3, 0.4) is 0 Å². The molecule has 0 unspecified atom stereocenters. The number of ether oxygens (including phenoxy) is 1. The van der Waals surface area contributed by atoms with Gasteiger partial charge in [-0.2, -0.15) is 0 Å². The van der Waals surface area contributed by atoms with Gasteiger partial charge >= 0.3 is 0 Å². The molecule has 0 aromatic heterocycles. The molecular weight excluding hydrogens is 376 g/mol. The van der Waals surface area contributed by atoms with Gasteiger partial charge in [0.05, 0.1) is 7.11 Å². The molecular formula is C26H30O4. The molecule has 0 amide bonds. The Kier molecular flexibility index (Phi) is 6.25. The van der Waals surface area contributed by atoms with Crippen LogP contribution in [0.15, 0.2) is 54.6 Å². The molecule has 0 radical (unpaired) electrons. The summed E-state index contributed by atoms with van der Waals surface area (Å²) in [5.74, 6) is 1.20. The monoisotopic (exact) mass is 406 g/mol. The predicted molar refractivity (Wildman–Crippen MR) is 120 cm³/mol. The lowest BCUT2D eigenvalue weighted by molar-refractivity contribution is 0.373. The Morgan fingerprint density at radius 3 is 1.43 bits per heavy atom. The van der Waals surface area contributed by atoms with E-state index in [1.807, 2.05) is 58.0 Å². The minimum Gasteiger partial charge on any atom is -0.508 e. The van der Waals surface area contributed by atoms with Gasteiger partial charge < -0.3 is 20.1 Å². The predicted octanol–water partition coefficient (Wildman–Crippen LogP) is 6.24. The van der Waals surface area contributed by atoms with E-state index in [4.69, 9.17) is 4.74 Å². The van der Waals surface area contributed by atoms with E-state index < -0.39 is 0 Å². The fraction of sp³-hybridized carbons (Fsp3) is 0.308. The van der Waals surface area contributed by atoms with Crippen molar-refractivity contribution in [3.8, 4) is 23.0 Å². The molecule has 0 saturated heterocycles. The summed E-state index contributed by atoms with van der Waals surface area (Å²) in [6.45, 7) is 8.18. The first-order valence-corrected chi connectivity index (χ1v) is 10.3. The van der Waals surface area contributed by atoms with Crippen molar-refractivity contribution in [2.45, 2.75) is 45.4 Å². The zero-order valence-corrected chi connectivity index (χ0v) is 18.2. The van der Waals surface area contributed by atoms with E-state index in [2.05, 4.69) is 0 Å². The smallest absolute Gasteiger partial charge is 0.160 e. The second-order valence-electron chi connectivity index (χ2n) is 8.31. The molecule has 0 heterocycles. The van der Waals surface area contributed by atoms with Gasteiger partial charge in [-0.15, -0.1) is 0 Å². The van der Waals surface area contributed by atoms with Gasteiger partial charge in [-0.25, -0.2) is 0 Å². The SMILES string of the molecule is COc1ccc(C(c2ccc(O)c(C(C)C)c2)c2ccc(O)c(C(C)C)c2)cc1O. The highest BCUT2D eigenvalue weighted by molar-refractivity contribution is 5.53. The maximum Gasteiger partial charge on any atom is 0.160 e. The Labute approximate surface area is 178 Å². The van der Waals surface area contributed by atoms with E-state index in [0.717, 1.165) is 27.8 Å². The highest BCUT2D eigenvalue weighted by Crippen LogP contribution is 2.40. The normalized spacial score (nSPS) is 11.5. The van der Waals surface area contributed by atoms with Gasteiger partial charge in [0.1, 0.15) is 11.5 Å². The quantitative estimate of drug-likeness (QED) is 0.424. The zero-order valence-electron chi connectivity index (χ0n) is 18.2. The van der Waals surface area contributed by atoms with Gasteiger partial charge in [-0.05, 0) is 63.9 Å². The molecule has 0 saturated carbocycles. The zero-order chi connectivity index (χ0) is 22.0. The van der Waals surface area contributed by atoms with E-state index in [1.165, 1.54) is 7.11 Å². The third-order valence-corrected chi connectivity index (χ3v) is 5.55. The first-order chi connectivity index (χ1) is 14.2. The first-order valence-electron chi connectivity index (χ1n) is 10.3. The van der Waals surface area contributed by atoms with Crippen LogP contribution >= 0.6 is 0 Å². The van der Waals surface area contributed by atoms with Crippen LogP contribution in [0, 0.1) is 0 Å². The number of phenolic OH excluding ortho intramolecular Hbond substituents is 3. The number of aromatic hydroxyl groups is 3. The maximum absolute atomic E-state index is 10.4. The lowest BCUT2D eigenvalue weighted by Crippen LogP contribution is -2.06. The highest BCUT2D eigenvalue weighted by atomic mass is 16.5. The van der Waals surface area contributed by atoms with Crippen LogP contribution in [-0.2, 0) is 0 Å². The van der Waals surface area contributed by atoms with Crippen LogP contribution in [0.1, 0.15) is 73.3 Å². The van der Waals surface area contributed by atoms with Gasteiger partial charge in [0.25, 0.3) is 0 Å². The van der Waals surface area contributed by atoms with Gasteiger partial charge in [0.2, 0.25) is 0 Å². The number of benzene rings is 3. The summed E-state index contributed by atoms with van der Waals surface area (Å²) in [5.41, 5.74) is 4.65. The topological polar surface area (TPSA) is 69.9 Å². The summed E-state index contributed by atoms with van der Waals surface area (Å²) < 4.78 is 5.21. The van der Waals surface area contributed by atoms with Gasteiger partial charge in [-0.1, -0.05) is 58.0 Å². The van der Waals surface area contributed by atoms with Gasteiger partial charge in [-0.3, -0.25) is 0 Å². The Bertz CT molecular complexity index is 980. The molecule has 0 bridgehead atoms. The molecule has 3 aromatic rings. The molecule has 0 atom stereocenters. The van der Waals surface area contributed by atoms with E-state index in [9.17, 15) is 15.3 Å². The molecule has 0 aliphatic rings. The molecule has 4 nitrogen and oxygen atoms in total. The largest absolute Gasteiger partial charge is 0.508 e. The average molecular weight is 407 g/mol. The van der Waals surface area contributed by atoms with Crippen molar-refractivity contribution in [3.63, 3.8) is 0 Å². The molecule has 0 aliphatic carbocycles. The Morgan fingerprint density at radius 1 is 0.600 bits per heavy atom. The molecule has 158 valence electrons. The number of hydrogen-bond donors (Lipinski definition) is 3. The maximum atomic E-state index is 10.4. The molecule has 30 heavy (non-hydrogen) atoms. The van der Waals surface area contributed by atoms with Crippen molar-refractivity contribution in [3.05, 3.63) is 82.4 Å². The summed E-state index contributed by atoms with van der Waals surface area (Å²) in [6, 6.07) is 16.7. The van der Waals surface area contributed by atoms with Crippen LogP contribution in [0.4, 0.5) is 0 Å². The minimum atomic E-state index is -0.182. The van der Waals surface area contributed by atoms with E-state index in [-0.39, 0.29) is 35.0 Å². The number of phenols is 3. The van der Waals surface area contributed by atoms with Gasteiger partial charge in [0.15, 0.2) is 11.5 Å². The molecule has 4 heteroatoms. The van der Waals surface area contributed by atoms with E-state index >= 15 is 0 Å². The Balaban J connectivity index is 2.24. The third-order valence-electron chi connectivity index (χ3n) is 5.55. The summed E-state index contributed by atoms with van der Waals surface area (Å²) in [4.78, 5) is 0. The molecule has 0 fully saturated rings. The number of rotatable bonds is 6. The molecule has 3 aromatic carbocycles. The lowest BCUT2D eigenvalue weighted by atomic mass is 9.82. The van der Waals surface area contributed by atoms with Crippen LogP contribution < -0.4 is 4.74 Å². The summed E-state index contributed by atoms with van der Waals surface area (Å²) in [5, 5.41) is 31.0. The highest BCUT2D eigenvalue weighted by Gasteiger charge is 2.22. The first kappa shape index (κ1) is 21.6. The van der Waals surface area contributed by atoms with Crippen molar-refractivity contribution >= 4 is 0 Å². The molecule has 0 spiro atoms. The van der Waals surface area contributed by atoms with Crippen LogP contribution in [0.5, 0.6) is 23.0 Å². The minimum absolute atomic E-state index is 0.0747. The molecule has 3 rings (SSSR count). The Morgan fingerprint density at radius 2 is 1.03 bits per heavy atom. The van der Waals surface area contributed by atoms with Crippen molar-refractivity contribution in [1.29, 1.82) is 0 Å². The second kappa shape index (κ2) is 8.70. The fourth-order valence-corrected chi connectivity index (χ4v) is 3.89. The summed E-state index contributed by atoms with van der Waals surface area (Å²) in [7, 11) is 1.52. The molecule has 3 N–H and O–H groups in total. The average Bonchev–Trinajstić information content (AvgIpc) is 2.70. The Hall–Kier alpha value is -3.14. The van der Waals surface area contributed by atoms with E-state index in [1.54, 1.807) is 24.3 Å². The summed E-state index contributed by atoms with van der Waals surface area (Å²) >= 11 is 0. The molecule has 0 aliphatic heterocycles. The van der Waals surface area contributed by atoms with Crippen molar-refractivity contribution in [2.24, 2.45) is 0 Å². The fourth-order valence-electron chi connectivity index (χ4n) is 3.89. The third kappa shape index (κ3) is 4.23. The number of hydrogen-bond acceptors (Lipinski definition) is 4. The summed E-state index contributed by atoms with van der Waals surface area (Å²) in [6.07, 6.45) is 0. The van der Waals surface area contributed by atoms with Gasteiger partial charge in [0, 0.05) is 5.92 Å². The van der Waals surface area contributed by atoms with Crippen molar-refractivity contribution < 1.29 is 20.1 Å². The van der Waals surface area contributed by atoms with Crippen molar-refractivity contribution in [2.75, 3.05) is 7.11 Å². The lowest BCUT2D eigenvalue weighted by Gasteiger charge is -2.23. The van der Waals surface area contributed by atoms with Crippen LogP contribution in [0.25, 0.3) is 0 Å². The van der Waals surface area contributed by atoms with Crippen LogP contribution in [0.2, 0.25) is 0 Å². The van der Waals surface area contributed by atoms with Crippen LogP contribution in [-0.4, -0.2) is 22.4 Å². The second-order valence-corrected chi connectivity index (χ2v) is 8.31. The standard InChI is InChI=1S/C26H30O4/c1-15(2)20-12-17(6-9-22(20)27)26(19-8-11-25(30-5)24(29)14-19)18-7-10-23(28)21(13-18)16(3)4/h6-16,26-29H,1-5H3. The van der Waals surface area contributed by atoms with Crippen molar-refractivity contribution in [1.82, 2.24) is 0 Å².